The predicted molar refractivity (Wildman–Crippen MR) is 378 cm³/mol. The van der Waals surface area contributed by atoms with Crippen molar-refractivity contribution in [3.8, 4) is 0 Å². The number of allylic oxidation sites excluding steroid dienone is 19. The molecular formula is C78H133NO13. The van der Waals surface area contributed by atoms with Crippen LogP contribution in [-0.2, 0) is 23.7 Å². The fraction of sp³-hybridized carbons (Fsp3) is 0.731. The maximum Gasteiger partial charge on any atom is 0.220 e. The van der Waals surface area contributed by atoms with E-state index in [0.717, 1.165) is 116 Å². The summed E-state index contributed by atoms with van der Waals surface area (Å²) in [6, 6.07) is -0.955. The number of hydrogen-bond donors (Lipinski definition) is 9. The summed E-state index contributed by atoms with van der Waals surface area (Å²) in [6.45, 7) is 2.67. The molecule has 0 radical (unpaired) electrons. The van der Waals surface area contributed by atoms with Crippen molar-refractivity contribution < 1.29 is 64.6 Å². The van der Waals surface area contributed by atoms with Crippen molar-refractivity contribution >= 4 is 5.91 Å². The third-order valence-corrected chi connectivity index (χ3v) is 17.1. The average molecular weight is 1290 g/mol. The van der Waals surface area contributed by atoms with E-state index in [0.29, 0.717) is 12.8 Å². The summed E-state index contributed by atoms with van der Waals surface area (Å²) in [6.07, 6.45) is 72.5. The first-order valence-electron chi connectivity index (χ1n) is 36.8. The van der Waals surface area contributed by atoms with E-state index < -0.39 is 86.8 Å². The highest BCUT2D eigenvalue weighted by Gasteiger charge is 2.51. The topological polar surface area (TPSA) is 228 Å². The highest BCUT2D eigenvalue weighted by atomic mass is 16.7. The Balaban J connectivity index is 1.71. The van der Waals surface area contributed by atoms with E-state index >= 15 is 0 Å². The quantitative estimate of drug-likeness (QED) is 0.0204. The van der Waals surface area contributed by atoms with Crippen molar-refractivity contribution in [1.82, 2.24) is 5.32 Å². The van der Waals surface area contributed by atoms with Crippen molar-refractivity contribution in [3.05, 3.63) is 122 Å². The van der Waals surface area contributed by atoms with Crippen LogP contribution in [0.3, 0.4) is 0 Å². The molecule has 9 N–H and O–H groups in total. The van der Waals surface area contributed by atoms with Gasteiger partial charge in [0.1, 0.15) is 48.8 Å². The van der Waals surface area contributed by atoms with Gasteiger partial charge in [0.05, 0.1) is 32.0 Å². The number of aliphatic hydroxyl groups is 8. The summed E-state index contributed by atoms with van der Waals surface area (Å²) in [5.41, 5.74) is 0. The van der Waals surface area contributed by atoms with Crippen LogP contribution in [0.25, 0.3) is 0 Å². The van der Waals surface area contributed by atoms with E-state index in [1.807, 2.05) is 6.08 Å². The summed E-state index contributed by atoms with van der Waals surface area (Å²) < 4.78 is 22.8. The third kappa shape index (κ3) is 44.2. The molecule has 2 fully saturated rings. The number of ether oxygens (including phenoxy) is 4. The first kappa shape index (κ1) is 84.5. The van der Waals surface area contributed by atoms with Crippen LogP contribution >= 0.6 is 0 Å². The number of hydrogen-bond acceptors (Lipinski definition) is 13. The molecule has 0 aromatic carbocycles. The Labute approximate surface area is 558 Å². The Bertz CT molecular complexity index is 2010. The molecule has 92 heavy (non-hydrogen) atoms. The van der Waals surface area contributed by atoms with E-state index in [4.69, 9.17) is 18.9 Å². The van der Waals surface area contributed by atoms with Gasteiger partial charge in [0.25, 0.3) is 0 Å². The van der Waals surface area contributed by atoms with Crippen LogP contribution in [0.2, 0.25) is 0 Å². The molecule has 0 spiro atoms. The number of rotatable bonds is 59. The second-order valence-corrected chi connectivity index (χ2v) is 25.3. The number of carbonyl (C=O) groups excluding carboxylic acids is 1. The second kappa shape index (κ2) is 61.0. The van der Waals surface area contributed by atoms with Crippen molar-refractivity contribution in [3.63, 3.8) is 0 Å². The van der Waals surface area contributed by atoms with E-state index in [2.05, 4.69) is 129 Å². The maximum absolute atomic E-state index is 13.3. The lowest BCUT2D eigenvalue weighted by Crippen LogP contribution is -2.65. The molecule has 2 heterocycles. The molecule has 2 aliphatic heterocycles. The van der Waals surface area contributed by atoms with Gasteiger partial charge in [0, 0.05) is 6.42 Å². The summed E-state index contributed by atoms with van der Waals surface area (Å²) in [4.78, 5) is 13.3. The van der Waals surface area contributed by atoms with Crippen LogP contribution in [0.15, 0.2) is 122 Å². The zero-order valence-corrected chi connectivity index (χ0v) is 57.5. The van der Waals surface area contributed by atoms with Crippen LogP contribution < -0.4 is 5.32 Å². The SMILES string of the molecule is CC/C=C\C/C=C\C/C=C\C/C=C\C/C=C\C/C=C\C/C=C\CCCCCCCCCC(=O)NC(COC1OC(CO)C(OC2OC(CO)C(O)C(O)C2O)C(O)C1O)C(O)/C=C/CC/C=C/CC/C=C/CCCCCCCCCCCCCCCCCCCCC. The Kier molecular flexibility index (Phi) is 56.0. The summed E-state index contributed by atoms with van der Waals surface area (Å²) >= 11 is 0. The van der Waals surface area contributed by atoms with Crippen molar-refractivity contribution in [2.24, 2.45) is 0 Å². The molecular weight excluding hydrogens is 1160 g/mol. The van der Waals surface area contributed by atoms with Gasteiger partial charge in [0.15, 0.2) is 12.6 Å². The van der Waals surface area contributed by atoms with E-state index in [1.165, 1.54) is 122 Å². The predicted octanol–water partition coefficient (Wildman–Crippen LogP) is 15.7. The zero-order chi connectivity index (χ0) is 66.6. The maximum atomic E-state index is 13.3. The van der Waals surface area contributed by atoms with Crippen molar-refractivity contribution in [2.45, 2.75) is 344 Å². The summed E-state index contributed by atoms with van der Waals surface area (Å²) in [5.74, 6) is -0.268. The Hall–Kier alpha value is -3.61. The van der Waals surface area contributed by atoms with Crippen molar-refractivity contribution in [1.29, 1.82) is 0 Å². The van der Waals surface area contributed by atoms with E-state index in [-0.39, 0.29) is 18.9 Å². The smallest absolute Gasteiger partial charge is 0.220 e. The van der Waals surface area contributed by atoms with E-state index in [9.17, 15) is 45.6 Å². The molecule has 0 aromatic heterocycles. The number of nitrogens with one attached hydrogen (secondary N) is 1. The fourth-order valence-corrected chi connectivity index (χ4v) is 11.3. The molecule has 12 unspecified atom stereocenters. The normalized spacial score (nSPS) is 23.4. The third-order valence-electron chi connectivity index (χ3n) is 17.1. The number of carbonyl (C=O) groups is 1. The number of aliphatic hydroxyl groups excluding tert-OH is 8. The monoisotopic (exact) mass is 1290 g/mol. The van der Waals surface area contributed by atoms with Gasteiger partial charge in [0.2, 0.25) is 5.91 Å². The highest BCUT2D eigenvalue weighted by Crippen LogP contribution is 2.30. The molecule has 0 aliphatic carbocycles. The van der Waals surface area contributed by atoms with Gasteiger partial charge >= 0.3 is 0 Å². The lowest BCUT2D eigenvalue weighted by atomic mass is 9.97. The zero-order valence-electron chi connectivity index (χ0n) is 57.5. The lowest BCUT2D eigenvalue weighted by Gasteiger charge is -2.46. The molecule has 12 atom stereocenters. The van der Waals surface area contributed by atoms with Gasteiger partial charge in [-0.2, -0.15) is 0 Å². The number of unbranched alkanes of at least 4 members (excludes halogenated alkanes) is 28. The minimum absolute atomic E-state index is 0.249. The Morgan fingerprint density at radius 3 is 1.20 bits per heavy atom. The van der Waals surface area contributed by atoms with Crippen LogP contribution in [0.5, 0.6) is 0 Å². The average Bonchev–Trinajstić information content (AvgIpc) is 0.836. The Morgan fingerprint density at radius 1 is 0.402 bits per heavy atom. The first-order valence-corrected chi connectivity index (χ1v) is 36.8. The standard InChI is InChI=1S/C78H133NO13/c1-3-5-7-9-11-13-15-17-19-21-23-25-27-29-31-33-35-37-39-41-43-45-47-49-51-53-55-57-59-61-67(82)66(65-89-77-75(88)73(86)76(69(64-81)91-77)92-78-74(87)72(85)71(84)68(63-80)90-78)79-70(83)62-60-58-56-54-52-50-48-46-44-42-40-38-36-34-32-30-28-26-24-22-20-18-16-14-12-10-8-6-4-2/h6,8,12,14,18,20,24,26,30,32,36,38,42-45,51,53,59,61,66-69,71-78,80-82,84-88H,3-5,7,9-11,13,15-17,19,21-23,25,27-29,31,33-35,37,39-41,46-50,52,54-58,60,62-65H2,1-2H3,(H,79,83)/b8-6-,14-12-,20-18-,26-24-,32-30-,38-36-,44-42-,45-43+,53-51+,61-59+. The molecule has 2 saturated heterocycles. The molecule has 14 nitrogen and oxygen atoms in total. The molecule has 0 aromatic rings. The van der Waals surface area contributed by atoms with Gasteiger partial charge in [-0.05, 0) is 103 Å². The largest absolute Gasteiger partial charge is 0.394 e. The molecule has 2 rings (SSSR count). The highest BCUT2D eigenvalue weighted by molar-refractivity contribution is 5.76. The second-order valence-electron chi connectivity index (χ2n) is 25.3. The van der Waals surface area contributed by atoms with Crippen molar-refractivity contribution in [2.75, 3.05) is 19.8 Å². The number of amides is 1. The molecule has 528 valence electrons. The van der Waals surface area contributed by atoms with Gasteiger partial charge in [-0.1, -0.05) is 283 Å². The minimum Gasteiger partial charge on any atom is -0.394 e. The molecule has 1 amide bonds. The summed E-state index contributed by atoms with van der Waals surface area (Å²) in [7, 11) is 0. The summed E-state index contributed by atoms with van der Waals surface area (Å²) in [5, 5.41) is 87.5. The van der Waals surface area contributed by atoms with Crippen LogP contribution in [0, 0.1) is 0 Å². The van der Waals surface area contributed by atoms with E-state index in [1.54, 1.807) is 6.08 Å². The lowest BCUT2D eigenvalue weighted by molar-refractivity contribution is -0.359. The van der Waals surface area contributed by atoms with Gasteiger partial charge in [-0.15, -0.1) is 0 Å². The van der Waals surface area contributed by atoms with Crippen LogP contribution in [0.4, 0.5) is 0 Å². The van der Waals surface area contributed by atoms with Gasteiger partial charge in [-0.25, -0.2) is 0 Å². The minimum atomic E-state index is -1.80. The van der Waals surface area contributed by atoms with Gasteiger partial charge in [-0.3, -0.25) is 4.79 Å². The molecule has 14 heteroatoms. The Morgan fingerprint density at radius 2 is 0.761 bits per heavy atom. The van der Waals surface area contributed by atoms with Crippen LogP contribution in [-0.4, -0.2) is 140 Å². The van der Waals surface area contributed by atoms with Crippen LogP contribution in [0.1, 0.15) is 271 Å². The molecule has 2 aliphatic rings. The molecule has 0 saturated carbocycles. The molecule has 0 bridgehead atoms. The first-order chi connectivity index (χ1) is 45.1. The fourth-order valence-electron chi connectivity index (χ4n) is 11.3. The van der Waals surface area contributed by atoms with Gasteiger partial charge < -0.3 is 65.1 Å².